The second-order valence-electron chi connectivity index (χ2n) is 6.09. The molecule has 0 saturated heterocycles. The van der Waals surface area contributed by atoms with Crippen LogP contribution in [0.2, 0.25) is 0 Å². The summed E-state index contributed by atoms with van der Waals surface area (Å²) in [7, 11) is 0. The van der Waals surface area contributed by atoms with Crippen molar-refractivity contribution in [3.05, 3.63) is 56.3 Å². The molecule has 0 aliphatic carbocycles. The maximum absolute atomic E-state index is 13.3. The molecule has 0 saturated carbocycles. The van der Waals surface area contributed by atoms with Gasteiger partial charge in [-0.25, -0.2) is 4.39 Å². The Kier molecular flexibility index (Phi) is 5.59. The molecule has 1 heterocycles. The summed E-state index contributed by atoms with van der Waals surface area (Å²) in [5, 5.41) is 13.7. The minimum absolute atomic E-state index is 0.0360. The number of hydrogen-bond donors (Lipinski definition) is 1. The van der Waals surface area contributed by atoms with Crippen molar-refractivity contribution in [2.45, 2.75) is 13.3 Å². The van der Waals surface area contributed by atoms with Gasteiger partial charge in [-0.3, -0.25) is 19.7 Å². The van der Waals surface area contributed by atoms with Crippen LogP contribution >= 0.6 is 15.9 Å². The van der Waals surface area contributed by atoms with Crippen LogP contribution in [0.3, 0.4) is 0 Å². The van der Waals surface area contributed by atoms with Crippen molar-refractivity contribution in [3.8, 4) is 5.75 Å². The normalized spacial score (nSPS) is 12.5. The van der Waals surface area contributed by atoms with Crippen molar-refractivity contribution in [2.24, 2.45) is 0 Å². The number of anilines is 2. The van der Waals surface area contributed by atoms with Crippen LogP contribution in [0.25, 0.3) is 0 Å². The Balaban J connectivity index is 1.68. The highest BCUT2D eigenvalue weighted by atomic mass is 79.9. The van der Waals surface area contributed by atoms with E-state index in [4.69, 9.17) is 4.74 Å². The second kappa shape index (κ2) is 7.93. The summed E-state index contributed by atoms with van der Waals surface area (Å²) in [6.45, 7) is 1.59. The predicted octanol–water partition coefficient (Wildman–Crippen LogP) is 3.42. The van der Waals surface area contributed by atoms with Gasteiger partial charge in [0, 0.05) is 24.8 Å². The van der Waals surface area contributed by atoms with E-state index < -0.39 is 28.9 Å². The Morgan fingerprint density at radius 3 is 2.79 bits per heavy atom. The first-order valence-electron chi connectivity index (χ1n) is 8.23. The third kappa shape index (κ3) is 4.11. The zero-order valence-corrected chi connectivity index (χ0v) is 16.3. The maximum Gasteiger partial charge on any atom is 0.315 e. The minimum atomic E-state index is -0.798. The molecule has 0 bridgehead atoms. The zero-order valence-electron chi connectivity index (χ0n) is 14.7. The molecule has 146 valence electrons. The quantitative estimate of drug-likeness (QED) is 0.554. The summed E-state index contributed by atoms with van der Waals surface area (Å²) in [6, 6.07) is 6.92. The number of fused-ring (bicyclic) bond motifs is 1. The van der Waals surface area contributed by atoms with Gasteiger partial charge in [0.2, 0.25) is 11.7 Å². The number of amides is 2. The number of ether oxygens (including phenoxy) is 1. The molecule has 3 rings (SSSR count). The predicted molar refractivity (Wildman–Crippen MR) is 103 cm³/mol. The Morgan fingerprint density at radius 2 is 2.11 bits per heavy atom. The van der Waals surface area contributed by atoms with Crippen LogP contribution in [0.15, 0.2) is 34.8 Å². The lowest BCUT2D eigenvalue weighted by Crippen LogP contribution is -2.25. The first kappa shape index (κ1) is 19.7. The number of benzene rings is 2. The molecular weight excluding hydrogens is 437 g/mol. The van der Waals surface area contributed by atoms with E-state index in [9.17, 15) is 24.1 Å². The van der Waals surface area contributed by atoms with Crippen molar-refractivity contribution >= 4 is 44.8 Å². The van der Waals surface area contributed by atoms with Crippen LogP contribution in [0, 0.1) is 15.9 Å². The summed E-state index contributed by atoms with van der Waals surface area (Å²) >= 11 is 3.00. The van der Waals surface area contributed by atoms with Crippen LogP contribution < -0.4 is 15.0 Å². The fourth-order valence-corrected chi connectivity index (χ4v) is 3.50. The van der Waals surface area contributed by atoms with Gasteiger partial charge in [0.1, 0.15) is 5.82 Å². The lowest BCUT2D eigenvalue weighted by molar-refractivity contribution is -0.386. The van der Waals surface area contributed by atoms with E-state index >= 15 is 0 Å². The average Bonchev–Trinajstić information content (AvgIpc) is 3.03. The fourth-order valence-electron chi connectivity index (χ4n) is 2.97. The lowest BCUT2D eigenvalue weighted by atomic mass is 10.1. The van der Waals surface area contributed by atoms with Crippen LogP contribution in [-0.4, -0.2) is 29.9 Å². The number of carbonyl (C=O) groups is 2. The second-order valence-corrected chi connectivity index (χ2v) is 6.95. The van der Waals surface area contributed by atoms with E-state index in [1.165, 1.54) is 6.92 Å². The van der Waals surface area contributed by atoms with Gasteiger partial charge in [-0.1, -0.05) is 0 Å². The first-order chi connectivity index (χ1) is 13.3. The van der Waals surface area contributed by atoms with E-state index in [2.05, 4.69) is 21.2 Å². The Labute approximate surface area is 167 Å². The van der Waals surface area contributed by atoms with Gasteiger partial charge in [-0.2, -0.15) is 0 Å². The fraction of sp³-hybridized carbons (Fsp3) is 0.222. The van der Waals surface area contributed by atoms with Gasteiger partial charge in [-0.05, 0) is 52.2 Å². The summed E-state index contributed by atoms with van der Waals surface area (Å²) < 4.78 is 18.6. The molecule has 0 spiro atoms. The van der Waals surface area contributed by atoms with Crippen molar-refractivity contribution < 1.29 is 23.6 Å². The summed E-state index contributed by atoms with van der Waals surface area (Å²) in [6.07, 6.45) is 0.684. The van der Waals surface area contributed by atoms with Gasteiger partial charge in [-0.15, -0.1) is 0 Å². The highest BCUT2D eigenvalue weighted by Crippen LogP contribution is 2.36. The molecule has 10 heteroatoms. The third-order valence-electron chi connectivity index (χ3n) is 4.17. The van der Waals surface area contributed by atoms with Gasteiger partial charge >= 0.3 is 5.69 Å². The number of rotatable bonds is 5. The summed E-state index contributed by atoms with van der Waals surface area (Å²) in [5.41, 5.74) is 1.69. The van der Waals surface area contributed by atoms with Crippen LogP contribution in [0.5, 0.6) is 5.75 Å². The molecule has 2 amide bonds. The third-order valence-corrected chi connectivity index (χ3v) is 4.76. The summed E-state index contributed by atoms with van der Waals surface area (Å²) in [5.74, 6) is -1.61. The van der Waals surface area contributed by atoms with E-state index in [0.29, 0.717) is 18.7 Å². The molecule has 0 fully saturated rings. The topological polar surface area (TPSA) is 102 Å². The van der Waals surface area contributed by atoms with Crippen LogP contribution in [0.1, 0.15) is 12.5 Å². The highest BCUT2D eigenvalue weighted by Gasteiger charge is 2.23. The smallest absolute Gasteiger partial charge is 0.315 e. The highest BCUT2D eigenvalue weighted by molar-refractivity contribution is 9.10. The first-order valence-corrected chi connectivity index (χ1v) is 9.02. The average molecular weight is 452 g/mol. The van der Waals surface area contributed by atoms with Crippen molar-refractivity contribution in [3.63, 3.8) is 0 Å². The molecule has 0 atom stereocenters. The van der Waals surface area contributed by atoms with Gasteiger partial charge in [0.15, 0.2) is 6.61 Å². The van der Waals surface area contributed by atoms with E-state index in [0.717, 1.165) is 23.4 Å². The minimum Gasteiger partial charge on any atom is -0.476 e. The van der Waals surface area contributed by atoms with Gasteiger partial charge < -0.3 is 15.0 Å². The molecular formula is C18H15BrFN3O5. The Bertz CT molecular complexity index is 982. The molecule has 2 aromatic rings. The standard InChI is InChI=1S/C18H15BrFN3O5/c1-10(24)22-5-4-11-6-13(2-3-15(11)22)21-17(25)9-28-18-14(19)7-12(20)8-16(18)23(26)27/h2-3,6-8H,4-5,9H2,1H3,(H,21,25). The van der Waals surface area contributed by atoms with Crippen molar-refractivity contribution in [2.75, 3.05) is 23.4 Å². The summed E-state index contributed by atoms with van der Waals surface area (Å²) in [4.78, 5) is 35.7. The molecule has 1 N–H and O–H groups in total. The Morgan fingerprint density at radius 1 is 1.36 bits per heavy atom. The SMILES string of the molecule is CC(=O)N1CCc2cc(NC(=O)COc3c(Br)cc(F)cc3[N+](=O)[O-])ccc21. The molecule has 0 unspecified atom stereocenters. The van der Waals surface area contributed by atoms with Gasteiger partial charge in [0.25, 0.3) is 5.91 Å². The van der Waals surface area contributed by atoms with Crippen LogP contribution in [-0.2, 0) is 16.0 Å². The molecule has 2 aromatic carbocycles. The number of nitrogens with zero attached hydrogens (tertiary/aromatic N) is 2. The number of halogens is 2. The molecule has 1 aliphatic rings. The number of carbonyl (C=O) groups excluding carboxylic acids is 2. The number of nitro groups is 1. The number of nitrogens with one attached hydrogen (secondary N) is 1. The van der Waals surface area contributed by atoms with E-state index in [1.54, 1.807) is 23.1 Å². The molecule has 8 nitrogen and oxygen atoms in total. The monoisotopic (exact) mass is 451 g/mol. The van der Waals surface area contributed by atoms with Crippen molar-refractivity contribution in [1.82, 2.24) is 0 Å². The van der Waals surface area contributed by atoms with E-state index in [1.807, 2.05) is 0 Å². The molecule has 28 heavy (non-hydrogen) atoms. The molecule has 0 aromatic heterocycles. The van der Waals surface area contributed by atoms with Crippen LogP contribution in [0.4, 0.5) is 21.5 Å². The zero-order chi connectivity index (χ0) is 20.4. The number of hydrogen-bond acceptors (Lipinski definition) is 5. The number of nitro benzene ring substituents is 1. The lowest BCUT2D eigenvalue weighted by Gasteiger charge is -2.15. The maximum atomic E-state index is 13.3. The van der Waals surface area contributed by atoms with Crippen molar-refractivity contribution in [1.29, 1.82) is 0 Å². The molecule has 0 radical (unpaired) electrons. The van der Waals surface area contributed by atoms with E-state index in [-0.39, 0.29) is 16.1 Å². The van der Waals surface area contributed by atoms with Gasteiger partial charge in [0.05, 0.1) is 15.5 Å². The Hall–Kier alpha value is -3.01. The largest absolute Gasteiger partial charge is 0.476 e. The molecule has 1 aliphatic heterocycles.